The van der Waals surface area contributed by atoms with E-state index in [1.54, 1.807) is 12.1 Å². The molecule has 0 amide bonds. The fourth-order valence-corrected chi connectivity index (χ4v) is 1.52. The molecule has 0 saturated carbocycles. The van der Waals surface area contributed by atoms with Crippen LogP contribution in [0.2, 0.25) is 0 Å². The third-order valence-corrected chi connectivity index (χ3v) is 2.46. The normalized spacial score (nSPS) is 11.3. The number of nitrogens with one attached hydrogen (secondary N) is 1. The first-order chi connectivity index (χ1) is 7.95. The van der Waals surface area contributed by atoms with Gasteiger partial charge in [-0.3, -0.25) is 0 Å². The van der Waals surface area contributed by atoms with Gasteiger partial charge in [0.25, 0.3) is 0 Å². The molecule has 0 saturated heterocycles. The molecule has 0 bridgehead atoms. The second kappa shape index (κ2) is 5.75. The maximum absolute atomic E-state index is 12.6. The van der Waals surface area contributed by atoms with Crippen LogP contribution in [0.4, 0.5) is 18.9 Å². The summed E-state index contributed by atoms with van der Waals surface area (Å²) in [6.45, 7) is 5.69. The van der Waals surface area contributed by atoms with Gasteiger partial charge in [0.05, 0.1) is 5.56 Å². The Kier molecular flexibility index (Phi) is 4.61. The van der Waals surface area contributed by atoms with E-state index in [1.165, 1.54) is 13.0 Å². The Morgan fingerprint density at radius 2 is 2.06 bits per heavy atom. The van der Waals surface area contributed by atoms with Crippen molar-refractivity contribution in [3.63, 3.8) is 0 Å². The zero-order valence-corrected chi connectivity index (χ0v) is 9.77. The molecular weight excluding hydrogens is 227 g/mol. The van der Waals surface area contributed by atoms with Gasteiger partial charge in [-0.2, -0.15) is 13.2 Å². The lowest BCUT2D eigenvalue weighted by Gasteiger charge is -2.13. The van der Waals surface area contributed by atoms with Crippen molar-refractivity contribution in [1.82, 2.24) is 0 Å². The molecule has 0 aliphatic heterocycles. The van der Waals surface area contributed by atoms with Gasteiger partial charge in [0.2, 0.25) is 0 Å². The molecule has 0 aliphatic carbocycles. The van der Waals surface area contributed by atoms with E-state index in [0.29, 0.717) is 12.2 Å². The lowest BCUT2D eigenvalue weighted by Crippen LogP contribution is -2.09. The molecule has 0 atom stereocenters. The predicted octanol–water partition coefficient (Wildman–Crippen LogP) is 4.39. The van der Waals surface area contributed by atoms with Crippen molar-refractivity contribution in [2.75, 3.05) is 11.9 Å². The summed E-state index contributed by atoms with van der Waals surface area (Å²) in [5.41, 5.74) is 0.173. The van der Waals surface area contributed by atoms with Gasteiger partial charge >= 0.3 is 6.18 Å². The van der Waals surface area contributed by atoms with E-state index in [1.807, 2.05) is 0 Å². The van der Waals surface area contributed by atoms with Crippen LogP contribution in [-0.2, 0) is 6.18 Å². The molecule has 0 radical (unpaired) electrons. The smallest absolute Gasteiger partial charge is 0.385 e. The Hall–Kier alpha value is -1.45. The summed E-state index contributed by atoms with van der Waals surface area (Å²) in [5, 5.41) is 2.97. The van der Waals surface area contributed by atoms with Crippen LogP contribution >= 0.6 is 0 Å². The topological polar surface area (TPSA) is 12.0 Å². The van der Waals surface area contributed by atoms with Crippen LogP contribution in [0.1, 0.15) is 24.0 Å². The maximum Gasteiger partial charge on any atom is 0.416 e. The molecule has 0 aromatic heterocycles. The Morgan fingerprint density at radius 1 is 1.35 bits per heavy atom. The van der Waals surface area contributed by atoms with E-state index in [2.05, 4.69) is 11.9 Å². The summed E-state index contributed by atoms with van der Waals surface area (Å²) in [6, 6.07) is 4.31. The van der Waals surface area contributed by atoms with Crippen molar-refractivity contribution in [3.8, 4) is 0 Å². The lowest BCUT2D eigenvalue weighted by molar-refractivity contribution is -0.138. The van der Waals surface area contributed by atoms with E-state index in [4.69, 9.17) is 0 Å². The molecule has 4 heteroatoms. The quantitative estimate of drug-likeness (QED) is 0.597. The van der Waals surface area contributed by atoms with Crippen LogP contribution in [-0.4, -0.2) is 6.54 Å². The highest BCUT2D eigenvalue weighted by Crippen LogP contribution is 2.33. The Morgan fingerprint density at radius 3 is 2.65 bits per heavy atom. The van der Waals surface area contributed by atoms with Crippen molar-refractivity contribution < 1.29 is 13.2 Å². The fraction of sp³-hybridized carbons (Fsp3) is 0.385. The summed E-state index contributed by atoms with van der Waals surface area (Å²) in [6.07, 6.45) is -0.787. The molecule has 1 aromatic rings. The number of benzene rings is 1. The third-order valence-electron chi connectivity index (χ3n) is 2.46. The first-order valence-electron chi connectivity index (χ1n) is 5.48. The number of alkyl halides is 3. The standard InChI is InChI=1S/C13H16F3N/c1-3-4-5-8-17-11-7-6-10(2)12(9-11)13(14,15)16/h3,6-7,9,17H,1,4-5,8H2,2H3. The number of anilines is 1. The largest absolute Gasteiger partial charge is 0.416 e. The highest BCUT2D eigenvalue weighted by molar-refractivity contribution is 5.49. The Balaban J connectivity index is 2.72. The second-order valence-electron chi connectivity index (χ2n) is 3.89. The van der Waals surface area contributed by atoms with Crippen LogP contribution in [0.25, 0.3) is 0 Å². The number of aryl methyl sites for hydroxylation is 1. The van der Waals surface area contributed by atoms with Crippen LogP contribution in [0.3, 0.4) is 0 Å². The van der Waals surface area contributed by atoms with Gasteiger partial charge in [-0.25, -0.2) is 0 Å². The zero-order valence-electron chi connectivity index (χ0n) is 9.77. The summed E-state index contributed by atoms with van der Waals surface area (Å²) < 4.78 is 37.9. The number of unbranched alkanes of at least 4 members (excludes halogenated alkanes) is 1. The maximum atomic E-state index is 12.6. The number of rotatable bonds is 5. The average molecular weight is 243 g/mol. The first kappa shape index (κ1) is 13.6. The number of hydrogen-bond donors (Lipinski definition) is 1. The lowest BCUT2D eigenvalue weighted by atomic mass is 10.1. The van der Waals surface area contributed by atoms with E-state index < -0.39 is 11.7 Å². The van der Waals surface area contributed by atoms with Crippen LogP contribution in [0, 0.1) is 6.92 Å². The van der Waals surface area contributed by atoms with Gasteiger partial charge in [0.15, 0.2) is 0 Å². The van der Waals surface area contributed by atoms with Gasteiger partial charge in [0, 0.05) is 12.2 Å². The summed E-state index contributed by atoms with van der Waals surface area (Å²) in [4.78, 5) is 0. The minimum absolute atomic E-state index is 0.245. The monoisotopic (exact) mass is 243 g/mol. The third kappa shape index (κ3) is 4.13. The van der Waals surface area contributed by atoms with Crippen LogP contribution < -0.4 is 5.32 Å². The Labute approximate surface area is 99.3 Å². The fourth-order valence-electron chi connectivity index (χ4n) is 1.52. The number of allylic oxidation sites excluding steroid dienone is 1. The molecule has 17 heavy (non-hydrogen) atoms. The molecule has 1 nitrogen and oxygen atoms in total. The first-order valence-corrected chi connectivity index (χ1v) is 5.48. The van der Waals surface area contributed by atoms with Crippen molar-refractivity contribution in [3.05, 3.63) is 42.0 Å². The van der Waals surface area contributed by atoms with Crippen molar-refractivity contribution in [2.24, 2.45) is 0 Å². The minimum atomic E-state index is -4.29. The molecule has 1 aromatic carbocycles. The van der Waals surface area contributed by atoms with Gasteiger partial charge in [-0.05, 0) is 37.5 Å². The van der Waals surface area contributed by atoms with Crippen molar-refractivity contribution >= 4 is 5.69 Å². The number of hydrogen-bond acceptors (Lipinski definition) is 1. The molecule has 0 spiro atoms. The minimum Gasteiger partial charge on any atom is -0.385 e. The molecule has 0 fully saturated rings. The van der Waals surface area contributed by atoms with Gasteiger partial charge in [-0.15, -0.1) is 6.58 Å². The van der Waals surface area contributed by atoms with Crippen molar-refractivity contribution in [1.29, 1.82) is 0 Å². The molecular formula is C13H16F3N. The SMILES string of the molecule is C=CCCCNc1ccc(C)c(C(F)(F)F)c1. The van der Waals surface area contributed by atoms with E-state index in [-0.39, 0.29) is 5.56 Å². The molecule has 1 N–H and O–H groups in total. The van der Waals surface area contributed by atoms with Gasteiger partial charge in [0.1, 0.15) is 0 Å². The molecule has 94 valence electrons. The van der Waals surface area contributed by atoms with E-state index >= 15 is 0 Å². The molecule has 0 heterocycles. The Bertz CT molecular complexity index is 383. The summed E-state index contributed by atoms with van der Waals surface area (Å²) in [5.74, 6) is 0. The summed E-state index contributed by atoms with van der Waals surface area (Å²) in [7, 11) is 0. The number of halogens is 3. The molecule has 0 unspecified atom stereocenters. The molecule has 0 aliphatic rings. The van der Waals surface area contributed by atoms with Crippen LogP contribution in [0.5, 0.6) is 0 Å². The predicted molar refractivity (Wildman–Crippen MR) is 64.1 cm³/mol. The molecule has 1 rings (SSSR count). The van der Waals surface area contributed by atoms with Crippen LogP contribution in [0.15, 0.2) is 30.9 Å². The highest BCUT2D eigenvalue weighted by Gasteiger charge is 2.32. The summed E-state index contributed by atoms with van der Waals surface area (Å²) >= 11 is 0. The van der Waals surface area contributed by atoms with E-state index in [9.17, 15) is 13.2 Å². The average Bonchev–Trinajstić information content (AvgIpc) is 2.25. The van der Waals surface area contributed by atoms with Gasteiger partial charge < -0.3 is 5.32 Å². The second-order valence-corrected chi connectivity index (χ2v) is 3.89. The van der Waals surface area contributed by atoms with Gasteiger partial charge in [-0.1, -0.05) is 12.1 Å². The highest BCUT2D eigenvalue weighted by atomic mass is 19.4. The van der Waals surface area contributed by atoms with Crippen molar-refractivity contribution in [2.45, 2.75) is 25.9 Å². The van der Waals surface area contributed by atoms with E-state index in [0.717, 1.165) is 18.9 Å². The zero-order chi connectivity index (χ0) is 12.9.